The molecular weight excluding hydrogens is 216 g/mol. The van der Waals surface area contributed by atoms with Crippen LogP contribution >= 0.6 is 21.6 Å². The molecule has 0 aliphatic rings. The van der Waals surface area contributed by atoms with Crippen LogP contribution in [0, 0.1) is 0 Å². The molecule has 1 amide bonds. The molecule has 14 heavy (non-hydrogen) atoms. The molecule has 0 aromatic heterocycles. The summed E-state index contributed by atoms with van der Waals surface area (Å²) in [5.41, 5.74) is 0. The van der Waals surface area contributed by atoms with Gasteiger partial charge in [-0.25, -0.2) is 0 Å². The first kappa shape index (κ1) is 14.1. The lowest BCUT2D eigenvalue weighted by Crippen LogP contribution is -2.27. The van der Waals surface area contributed by atoms with E-state index >= 15 is 0 Å². The standard InChI is InChI=1S/C9H20N2OS2/c1-11(2)7-4-6-10-9(12)5-8-14-13-3/h4-8H2,1-3H3,(H,10,12). The van der Waals surface area contributed by atoms with Crippen molar-refractivity contribution >= 4 is 27.5 Å². The van der Waals surface area contributed by atoms with Crippen LogP contribution in [0.4, 0.5) is 0 Å². The fourth-order valence-corrected chi connectivity index (χ4v) is 2.11. The molecule has 3 nitrogen and oxygen atoms in total. The maximum absolute atomic E-state index is 11.2. The Morgan fingerprint density at radius 3 is 2.71 bits per heavy atom. The van der Waals surface area contributed by atoms with Crippen LogP contribution in [-0.2, 0) is 4.79 Å². The van der Waals surface area contributed by atoms with Gasteiger partial charge in [-0.2, -0.15) is 0 Å². The second kappa shape index (κ2) is 9.68. The Hall–Kier alpha value is 0.130. The first-order valence-electron chi connectivity index (χ1n) is 4.74. The number of carbonyl (C=O) groups is 1. The Balaban J connectivity index is 3.18. The highest BCUT2D eigenvalue weighted by molar-refractivity contribution is 8.76. The fourth-order valence-electron chi connectivity index (χ4n) is 0.929. The molecule has 0 saturated carbocycles. The first-order valence-corrected chi connectivity index (χ1v) is 7.46. The maximum Gasteiger partial charge on any atom is 0.220 e. The highest BCUT2D eigenvalue weighted by Gasteiger charge is 1.99. The van der Waals surface area contributed by atoms with E-state index in [0.29, 0.717) is 6.42 Å². The zero-order valence-electron chi connectivity index (χ0n) is 9.21. The fraction of sp³-hybridized carbons (Fsp3) is 0.889. The van der Waals surface area contributed by atoms with Gasteiger partial charge in [-0.15, -0.1) is 0 Å². The quantitative estimate of drug-likeness (QED) is 0.511. The van der Waals surface area contributed by atoms with E-state index in [1.807, 2.05) is 20.4 Å². The topological polar surface area (TPSA) is 32.3 Å². The smallest absolute Gasteiger partial charge is 0.220 e. The lowest BCUT2D eigenvalue weighted by molar-refractivity contribution is -0.120. The number of hydrogen-bond donors (Lipinski definition) is 1. The highest BCUT2D eigenvalue weighted by atomic mass is 33.1. The largest absolute Gasteiger partial charge is 0.356 e. The normalized spacial score (nSPS) is 10.6. The molecule has 0 rings (SSSR count). The van der Waals surface area contributed by atoms with Crippen molar-refractivity contribution in [2.45, 2.75) is 12.8 Å². The van der Waals surface area contributed by atoms with Crippen LogP contribution in [0.15, 0.2) is 0 Å². The average Bonchev–Trinajstić information content (AvgIpc) is 2.13. The van der Waals surface area contributed by atoms with Gasteiger partial charge in [0.1, 0.15) is 0 Å². The summed E-state index contributed by atoms with van der Waals surface area (Å²) in [6.45, 7) is 1.82. The molecule has 5 heteroatoms. The van der Waals surface area contributed by atoms with Crippen molar-refractivity contribution in [3.63, 3.8) is 0 Å². The molecular formula is C9H20N2OS2. The van der Waals surface area contributed by atoms with Gasteiger partial charge in [-0.1, -0.05) is 21.6 Å². The SMILES string of the molecule is CSSCCC(=O)NCCCN(C)C. The summed E-state index contributed by atoms with van der Waals surface area (Å²) in [5.74, 6) is 1.08. The molecule has 1 N–H and O–H groups in total. The van der Waals surface area contributed by atoms with Crippen LogP contribution in [-0.4, -0.2) is 50.0 Å². The Labute approximate surface area is 94.8 Å². The van der Waals surface area contributed by atoms with Crippen molar-refractivity contribution in [3.05, 3.63) is 0 Å². The average molecular weight is 236 g/mol. The van der Waals surface area contributed by atoms with Gasteiger partial charge in [0.15, 0.2) is 0 Å². The molecule has 0 aliphatic carbocycles. The van der Waals surface area contributed by atoms with Crippen LogP contribution in [0.25, 0.3) is 0 Å². The number of amides is 1. The van der Waals surface area contributed by atoms with Crippen molar-refractivity contribution in [3.8, 4) is 0 Å². The third-order valence-corrected chi connectivity index (χ3v) is 3.45. The van der Waals surface area contributed by atoms with Gasteiger partial charge in [-0.3, -0.25) is 4.79 Å². The third-order valence-electron chi connectivity index (χ3n) is 1.63. The van der Waals surface area contributed by atoms with Crippen molar-refractivity contribution in [1.29, 1.82) is 0 Å². The van der Waals surface area contributed by atoms with E-state index in [1.54, 1.807) is 21.6 Å². The molecule has 0 spiro atoms. The minimum atomic E-state index is 0.172. The molecule has 0 saturated heterocycles. The van der Waals surface area contributed by atoms with Crippen molar-refractivity contribution in [2.75, 3.05) is 39.2 Å². The molecule has 0 aromatic carbocycles. The summed E-state index contributed by atoms with van der Waals surface area (Å²) in [4.78, 5) is 13.3. The molecule has 0 unspecified atom stereocenters. The molecule has 0 atom stereocenters. The second-order valence-corrected chi connectivity index (χ2v) is 5.93. The highest BCUT2D eigenvalue weighted by Crippen LogP contribution is 2.16. The molecule has 0 fully saturated rings. The van der Waals surface area contributed by atoms with E-state index in [0.717, 1.165) is 25.3 Å². The lowest BCUT2D eigenvalue weighted by atomic mass is 10.4. The van der Waals surface area contributed by atoms with Gasteiger partial charge in [-0.05, 0) is 33.3 Å². The van der Waals surface area contributed by atoms with Crippen molar-refractivity contribution in [2.24, 2.45) is 0 Å². The number of rotatable bonds is 8. The Bertz CT molecular complexity index is 154. The molecule has 0 aromatic rings. The summed E-state index contributed by atoms with van der Waals surface area (Å²) < 4.78 is 0. The van der Waals surface area contributed by atoms with Gasteiger partial charge in [0, 0.05) is 18.7 Å². The minimum Gasteiger partial charge on any atom is -0.356 e. The zero-order chi connectivity index (χ0) is 10.8. The molecule has 84 valence electrons. The van der Waals surface area contributed by atoms with Gasteiger partial charge in [0.05, 0.1) is 0 Å². The number of nitrogens with zero attached hydrogens (tertiary/aromatic N) is 1. The van der Waals surface area contributed by atoms with Crippen LogP contribution < -0.4 is 5.32 Å². The van der Waals surface area contributed by atoms with Crippen LogP contribution in [0.5, 0.6) is 0 Å². The van der Waals surface area contributed by atoms with Crippen LogP contribution in [0.1, 0.15) is 12.8 Å². The maximum atomic E-state index is 11.2. The lowest BCUT2D eigenvalue weighted by Gasteiger charge is -2.09. The van der Waals surface area contributed by atoms with E-state index in [-0.39, 0.29) is 5.91 Å². The van der Waals surface area contributed by atoms with E-state index in [1.165, 1.54) is 0 Å². The summed E-state index contributed by atoms with van der Waals surface area (Å²) in [7, 11) is 7.51. The van der Waals surface area contributed by atoms with Crippen molar-refractivity contribution < 1.29 is 4.79 Å². The van der Waals surface area contributed by atoms with Gasteiger partial charge < -0.3 is 10.2 Å². The minimum absolute atomic E-state index is 0.172. The van der Waals surface area contributed by atoms with Crippen LogP contribution in [0.2, 0.25) is 0 Å². The third kappa shape index (κ3) is 10.2. The molecule has 0 bridgehead atoms. The number of nitrogens with one attached hydrogen (secondary N) is 1. The molecule has 0 radical (unpaired) electrons. The van der Waals surface area contributed by atoms with Crippen LogP contribution in [0.3, 0.4) is 0 Å². The van der Waals surface area contributed by atoms with E-state index in [9.17, 15) is 4.79 Å². The Morgan fingerprint density at radius 1 is 1.43 bits per heavy atom. The summed E-state index contributed by atoms with van der Waals surface area (Å²) in [6.07, 6.45) is 3.68. The molecule has 0 heterocycles. The summed E-state index contributed by atoms with van der Waals surface area (Å²) in [6, 6.07) is 0. The van der Waals surface area contributed by atoms with Gasteiger partial charge in [0.25, 0.3) is 0 Å². The second-order valence-electron chi connectivity index (χ2n) is 3.25. The molecule has 0 aliphatic heterocycles. The predicted molar refractivity (Wildman–Crippen MR) is 66.8 cm³/mol. The van der Waals surface area contributed by atoms with Crippen molar-refractivity contribution in [1.82, 2.24) is 10.2 Å². The zero-order valence-corrected chi connectivity index (χ0v) is 10.8. The summed E-state index contributed by atoms with van der Waals surface area (Å²) >= 11 is 0. The Kier molecular flexibility index (Phi) is 9.77. The monoisotopic (exact) mass is 236 g/mol. The first-order chi connectivity index (χ1) is 6.66. The Morgan fingerprint density at radius 2 is 2.14 bits per heavy atom. The van der Waals surface area contributed by atoms with Gasteiger partial charge in [0.2, 0.25) is 5.91 Å². The van der Waals surface area contributed by atoms with E-state index in [2.05, 4.69) is 10.2 Å². The number of carbonyl (C=O) groups excluding carboxylic acids is 1. The van der Waals surface area contributed by atoms with E-state index in [4.69, 9.17) is 0 Å². The van der Waals surface area contributed by atoms with E-state index < -0.39 is 0 Å². The number of hydrogen-bond acceptors (Lipinski definition) is 4. The predicted octanol–water partition coefficient (Wildman–Crippen LogP) is 1.46. The summed E-state index contributed by atoms with van der Waals surface area (Å²) in [5, 5.41) is 2.91. The van der Waals surface area contributed by atoms with Gasteiger partial charge >= 0.3 is 0 Å².